The Morgan fingerprint density at radius 2 is 1.39 bits per heavy atom. The summed E-state index contributed by atoms with van der Waals surface area (Å²) < 4.78 is 105. The minimum absolute atomic E-state index is 0.0378. The number of esters is 1. The van der Waals surface area contributed by atoms with Crippen LogP contribution in [0.15, 0.2) is 35.2 Å². The quantitative estimate of drug-likeness (QED) is 0.175. The zero-order valence-electron chi connectivity index (χ0n) is 18.3. The fourth-order valence-electron chi connectivity index (χ4n) is 2.87. The Kier molecular flexibility index (Phi) is 8.23. The Balaban J connectivity index is 2.42. The summed E-state index contributed by atoms with van der Waals surface area (Å²) in [5.41, 5.74) is -0.363. The Hall–Kier alpha value is -2.53. The standard InChI is InChI=1S/C22H23F5O5S/c1-12(31-10-13-8-6-5-7-9-13)14(21(28)32-22(2,3)4)11-33(29,30)20-18(26)16(24)15(23)17(25)19(20)27/h5-9,12,14H,10-11H2,1-4H3/t12-,14+/m1/s1. The van der Waals surface area contributed by atoms with E-state index in [1.54, 1.807) is 30.3 Å². The van der Waals surface area contributed by atoms with Crippen LogP contribution in [0.4, 0.5) is 22.0 Å². The van der Waals surface area contributed by atoms with Crippen LogP contribution in [0.5, 0.6) is 0 Å². The first-order valence-corrected chi connectivity index (χ1v) is 11.4. The fourth-order valence-corrected chi connectivity index (χ4v) is 4.64. The van der Waals surface area contributed by atoms with E-state index in [0.717, 1.165) is 0 Å². The molecule has 0 saturated carbocycles. The van der Waals surface area contributed by atoms with Gasteiger partial charge in [-0.25, -0.2) is 30.4 Å². The van der Waals surface area contributed by atoms with E-state index in [4.69, 9.17) is 9.47 Å². The van der Waals surface area contributed by atoms with Crippen molar-refractivity contribution < 1.29 is 44.6 Å². The number of carbonyl (C=O) groups excluding carboxylic acids is 1. The lowest BCUT2D eigenvalue weighted by molar-refractivity contribution is -0.164. The lowest BCUT2D eigenvalue weighted by Crippen LogP contribution is -2.39. The summed E-state index contributed by atoms with van der Waals surface area (Å²) in [5, 5.41) is 0. The first-order chi connectivity index (χ1) is 15.2. The lowest BCUT2D eigenvalue weighted by atomic mass is 10.1. The van der Waals surface area contributed by atoms with Gasteiger partial charge in [0, 0.05) is 0 Å². The van der Waals surface area contributed by atoms with Gasteiger partial charge in [0.2, 0.25) is 5.82 Å². The van der Waals surface area contributed by atoms with Crippen LogP contribution in [0.1, 0.15) is 33.3 Å². The average molecular weight is 494 g/mol. The van der Waals surface area contributed by atoms with Crippen LogP contribution >= 0.6 is 0 Å². The van der Waals surface area contributed by atoms with Crippen molar-refractivity contribution in [2.75, 3.05) is 5.75 Å². The van der Waals surface area contributed by atoms with Gasteiger partial charge in [-0.2, -0.15) is 0 Å². The van der Waals surface area contributed by atoms with Gasteiger partial charge in [-0.3, -0.25) is 4.79 Å². The van der Waals surface area contributed by atoms with Crippen LogP contribution in [-0.4, -0.2) is 31.8 Å². The smallest absolute Gasteiger partial charge is 0.313 e. The molecule has 11 heteroatoms. The molecule has 33 heavy (non-hydrogen) atoms. The molecule has 0 radical (unpaired) electrons. The Morgan fingerprint density at radius 3 is 1.88 bits per heavy atom. The molecule has 2 rings (SSSR count). The van der Waals surface area contributed by atoms with E-state index < -0.39 is 73.2 Å². The predicted molar refractivity (Wildman–Crippen MR) is 108 cm³/mol. The molecule has 0 aromatic heterocycles. The number of halogens is 5. The molecule has 0 N–H and O–H groups in total. The number of carbonyl (C=O) groups is 1. The maximum Gasteiger partial charge on any atom is 0.313 e. The predicted octanol–water partition coefficient (Wildman–Crippen LogP) is 4.72. The molecule has 0 unspecified atom stereocenters. The van der Waals surface area contributed by atoms with Gasteiger partial charge < -0.3 is 9.47 Å². The first kappa shape index (κ1) is 26.7. The maximum absolute atomic E-state index is 14.1. The topological polar surface area (TPSA) is 69.7 Å². The molecule has 0 heterocycles. The van der Waals surface area contributed by atoms with Gasteiger partial charge in [0.05, 0.1) is 24.4 Å². The largest absolute Gasteiger partial charge is 0.460 e. The van der Waals surface area contributed by atoms with Crippen LogP contribution in [0.3, 0.4) is 0 Å². The molecular formula is C22H23F5O5S. The third-order valence-electron chi connectivity index (χ3n) is 4.51. The van der Waals surface area contributed by atoms with Crippen molar-refractivity contribution in [1.29, 1.82) is 0 Å². The van der Waals surface area contributed by atoms with Crippen LogP contribution in [-0.2, 0) is 30.7 Å². The number of benzene rings is 2. The molecule has 0 aliphatic heterocycles. The number of ether oxygens (including phenoxy) is 2. The average Bonchev–Trinajstić information content (AvgIpc) is 2.72. The summed E-state index contributed by atoms with van der Waals surface area (Å²) in [6, 6.07) is 8.62. The molecule has 2 aromatic carbocycles. The van der Waals surface area contributed by atoms with Gasteiger partial charge in [-0.15, -0.1) is 0 Å². The van der Waals surface area contributed by atoms with Crippen molar-refractivity contribution in [3.63, 3.8) is 0 Å². The van der Waals surface area contributed by atoms with Crippen LogP contribution < -0.4 is 0 Å². The van der Waals surface area contributed by atoms with Crippen molar-refractivity contribution in [1.82, 2.24) is 0 Å². The van der Waals surface area contributed by atoms with Gasteiger partial charge in [0.25, 0.3) is 0 Å². The molecule has 2 atom stereocenters. The van der Waals surface area contributed by atoms with Crippen molar-refractivity contribution in [3.8, 4) is 0 Å². The third-order valence-corrected chi connectivity index (χ3v) is 6.29. The minimum atomic E-state index is -5.19. The summed E-state index contributed by atoms with van der Waals surface area (Å²) in [4.78, 5) is 10.7. The molecule has 0 aliphatic carbocycles. The molecule has 2 aromatic rings. The summed E-state index contributed by atoms with van der Waals surface area (Å²) in [6.07, 6.45) is -1.16. The van der Waals surface area contributed by atoms with E-state index in [9.17, 15) is 35.2 Å². The van der Waals surface area contributed by atoms with Crippen LogP contribution in [0.2, 0.25) is 0 Å². The van der Waals surface area contributed by atoms with E-state index in [0.29, 0.717) is 5.56 Å². The lowest BCUT2D eigenvalue weighted by Gasteiger charge is -2.27. The molecular weight excluding hydrogens is 471 g/mol. The van der Waals surface area contributed by atoms with Gasteiger partial charge in [0.1, 0.15) is 10.5 Å². The molecule has 0 aliphatic rings. The van der Waals surface area contributed by atoms with Crippen molar-refractivity contribution in [2.45, 2.75) is 50.9 Å². The summed E-state index contributed by atoms with van der Waals surface area (Å²) in [6.45, 7) is 5.83. The zero-order valence-corrected chi connectivity index (χ0v) is 19.1. The molecule has 0 bridgehead atoms. The van der Waals surface area contributed by atoms with Gasteiger partial charge in [-0.05, 0) is 33.3 Å². The Labute approximate surface area is 188 Å². The molecule has 0 amide bonds. The fraction of sp³-hybridized carbons (Fsp3) is 0.409. The third kappa shape index (κ3) is 6.50. The van der Waals surface area contributed by atoms with E-state index in [2.05, 4.69) is 0 Å². The van der Waals surface area contributed by atoms with Crippen LogP contribution in [0.25, 0.3) is 0 Å². The Morgan fingerprint density at radius 1 is 0.909 bits per heavy atom. The van der Waals surface area contributed by atoms with Crippen molar-refractivity contribution in [2.24, 2.45) is 5.92 Å². The van der Waals surface area contributed by atoms with Gasteiger partial charge in [0.15, 0.2) is 33.1 Å². The second-order valence-electron chi connectivity index (χ2n) is 8.32. The number of hydrogen-bond donors (Lipinski definition) is 0. The van der Waals surface area contributed by atoms with Crippen molar-refractivity contribution >= 4 is 15.8 Å². The molecule has 0 saturated heterocycles. The highest BCUT2D eigenvalue weighted by molar-refractivity contribution is 7.91. The summed E-state index contributed by atoms with van der Waals surface area (Å²) in [7, 11) is -5.19. The summed E-state index contributed by atoms with van der Waals surface area (Å²) in [5.74, 6) is -16.3. The van der Waals surface area contributed by atoms with Gasteiger partial charge >= 0.3 is 5.97 Å². The SMILES string of the molecule is C[C@@H](OCc1ccccc1)[C@H](CS(=O)(=O)c1c(F)c(F)c(F)c(F)c1F)C(=O)OC(C)(C)C. The molecule has 0 spiro atoms. The van der Waals surface area contributed by atoms with Crippen molar-refractivity contribution in [3.05, 3.63) is 65.0 Å². The normalized spacial score (nSPS) is 14.1. The van der Waals surface area contributed by atoms with E-state index in [1.165, 1.54) is 27.7 Å². The number of rotatable bonds is 8. The zero-order chi connectivity index (χ0) is 25.1. The van der Waals surface area contributed by atoms with E-state index in [-0.39, 0.29) is 6.61 Å². The van der Waals surface area contributed by atoms with Crippen LogP contribution in [0, 0.1) is 35.0 Å². The van der Waals surface area contributed by atoms with Gasteiger partial charge in [-0.1, -0.05) is 30.3 Å². The highest BCUT2D eigenvalue weighted by atomic mass is 32.2. The number of hydrogen-bond acceptors (Lipinski definition) is 5. The summed E-state index contributed by atoms with van der Waals surface area (Å²) >= 11 is 0. The molecule has 182 valence electrons. The molecule has 0 fully saturated rings. The monoisotopic (exact) mass is 494 g/mol. The first-order valence-electron chi connectivity index (χ1n) is 9.78. The maximum atomic E-state index is 14.1. The highest BCUT2D eigenvalue weighted by Gasteiger charge is 2.40. The highest BCUT2D eigenvalue weighted by Crippen LogP contribution is 2.30. The second kappa shape index (κ2) is 10.2. The van der Waals surface area contributed by atoms with E-state index in [1.807, 2.05) is 0 Å². The minimum Gasteiger partial charge on any atom is -0.460 e. The Bertz CT molecular complexity index is 1090. The van der Waals surface area contributed by atoms with E-state index >= 15 is 0 Å². The molecule has 5 nitrogen and oxygen atoms in total. The second-order valence-corrected chi connectivity index (χ2v) is 10.3. The number of sulfone groups is 1.